The van der Waals surface area contributed by atoms with E-state index < -0.39 is 17.7 Å². The molecular formula is C11H15F2NO. The van der Waals surface area contributed by atoms with E-state index >= 15 is 0 Å². The Balaban J connectivity index is 2.60. The zero-order chi connectivity index (χ0) is 11.3. The predicted octanol–water partition coefficient (Wildman–Crippen LogP) is 1.48. The maximum atomic E-state index is 13.2. The van der Waals surface area contributed by atoms with E-state index in [1.54, 1.807) is 0 Å². The fraction of sp³-hybridized carbons (Fsp3) is 0.455. The normalized spacial score (nSPS) is 12.8. The molecule has 0 aromatic heterocycles. The lowest BCUT2D eigenvalue weighted by molar-refractivity contribution is 0.171. The number of hydrogen-bond donors (Lipinski definition) is 2. The first-order valence-electron chi connectivity index (χ1n) is 4.96. The summed E-state index contributed by atoms with van der Waals surface area (Å²) < 4.78 is 26.0. The molecular weight excluding hydrogens is 200 g/mol. The molecule has 0 heterocycles. The number of hydrogen-bond acceptors (Lipinski definition) is 2. The summed E-state index contributed by atoms with van der Waals surface area (Å²) in [6, 6.07) is 3.98. The van der Waals surface area contributed by atoms with Crippen molar-refractivity contribution >= 4 is 0 Å². The first kappa shape index (κ1) is 12.1. The molecule has 0 spiro atoms. The van der Waals surface area contributed by atoms with E-state index in [1.165, 1.54) is 12.1 Å². The van der Waals surface area contributed by atoms with Crippen molar-refractivity contribution in [3.63, 3.8) is 0 Å². The van der Waals surface area contributed by atoms with E-state index in [1.807, 2.05) is 6.92 Å². The molecule has 0 saturated carbocycles. The van der Waals surface area contributed by atoms with Gasteiger partial charge in [0.05, 0.1) is 6.10 Å². The van der Waals surface area contributed by atoms with E-state index in [9.17, 15) is 13.9 Å². The Morgan fingerprint density at radius 1 is 1.40 bits per heavy atom. The first-order valence-corrected chi connectivity index (χ1v) is 4.96. The molecule has 1 aromatic rings. The van der Waals surface area contributed by atoms with Crippen molar-refractivity contribution in [2.45, 2.75) is 19.4 Å². The number of likely N-dealkylation sites (N-methyl/N-ethyl adjacent to an activating group) is 1. The van der Waals surface area contributed by atoms with Crippen LogP contribution in [0.25, 0.3) is 0 Å². The van der Waals surface area contributed by atoms with Gasteiger partial charge in [-0.15, -0.1) is 0 Å². The van der Waals surface area contributed by atoms with Crippen molar-refractivity contribution < 1.29 is 13.9 Å². The lowest BCUT2D eigenvalue weighted by Gasteiger charge is -2.11. The van der Waals surface area contributed by atoms with Gasteiger partial charge in [0.25, 0.3) is 0 Å². The van der Waals surface area contributed by atoms with Crippen LogP contribution in [0.3, 0.4) is 0 Å². The number of aliphatic hydroxyl groups excluding tert-OH is 1. The van der Waals surface area contributed by atoms with Crippen LogP contribution in [-0.2, 0) is 6.42 Å². The summed E-state index contributed by atoms with van der Waals surface area (Å²) in [7, 11) is 0. The third-order valence-corrected chi connectivity index (χ3v) is 2.12. The highest BCUT2D eigenvalue weighted by atomic mass is 19.2. The van der Waals surface area contributed by atoms with Crippen LogP contribution in [0.1, 0.15) is 12.5 Å². The second-order valence-corrected chi connectivity index (χ2v) is 3.38. The molecule has 0 saturated heterocycles. The fourth-order valence-corrected chi connectivity index (χ4v) is 1.34. The van der Waals surface area contributed by atoms with E-state index in [0.29, 0.717) is 6.54 Å². The van der Waals surface area contributed by atoms with Gasteiger partial charge >= 0.3 is 0 Å². The van der Waals surface area contributed by atoms with Gasteiger partial charge in [0, 0.05) is 13.0 Å². The fourth-order valence-electron chi connectivity index (χ4n) is 1.34. The molecule has 84 valence electrons. The van der Waals surface area contributed by atoms with Gasteiger partial charge in [-0.2, -0.15) is 0 Å². The third kappa shape index (κ3) is 3.57. The van der Waals surface area contributed by atoms with Gasteiger partial charge < -0.3 is 10.4 Å². The van der Waals surface area contributed by atoms with Crippen molar-refractivity contribution in [2.24, 2.45) is 0 Å². The summed E-state index contributed by atoms with van der Waals surface area (Å²) in [4.78, 5) is 0. The van der Waals surface area contributed by atoms with Crippen LogP contribution in [0.2, 0.25) is 0 Å². The summed E-state index contributed by atoms with van der Waals surface area (Å²) in [5, 5.41) is 12.4. The largest absolute Gasteiger partial charge is 0.391 e. The highest BCUT2D eigenvalue weighted by molar-refractivity contribution is 5.19. The van der Waals surface area contributed by atoms with Crippen LogP contribution in [0.4, 0.5) is 8.78 Å². The summed E-state index contributed by atoms with van der Waals surface area (Å²) >= 11 is 0. The molecule has 0 aliphatic heterocycles. The Morgan fingerprint density at radius 2 is 2.13 bits per heavy atom. The highest BCUT2D eigenvalue weighted by Crippen LogP contribution is 2.12. The van der Waals surface area contributed by atoms with Gasteiger partial charge in [0.15, 0.2) is 11.6 Å². The van der Waals surface area contributed by atoms with Crippen LogP contribution in [0, 0.1) is 11.6 Å². The summed E-state index contributed by atoms with van der Waals surface area (Å²) in [6.45, 7) is 3.03. The van der Waals surface area contributed by atoms with Gasteiger partial charge in [-0.25, -0.2) is 8.78 Å². The second kappa shape index (κ2) is 5.78. The molecule has 1 aromatic carbocycles. The maximum absolute atomic E-state index is 13.2. The molecule has 4 heteroatoms. The molecule has 0 bridgehead atoms. The van der Waals surface area contributed by atoms with Crippen molar-refractivity contribution in [3.05, 3.63) is 35.4 Å². The number of aliphatic hydroxyl groups is 1. The van der Waals surface area contributed by atoms with Crippen molar-refractivity contribution in [2.75, 3.05) is 13.1 Å². The minimum atomic E-state index is -0.872. The Morgan fingerprint density at radius 3 is 2.80 bits per heavy atom. The third-order valence-electron chi connectivity index (χ3n) is 2.12. The summed E-state index contributed by atoms with van der Waals surface area (Å²) in [6.07, 6.45) is -0.572. The zero-order valence-corrected chi connectivity index (χ0v) is 8.63. The Labute approximate surface area is 87.9 Å². The van der Waals surface area contributed by atoms with Crippen LogP contribution >= 0.6 is 0 Å². The van der Waals surface area contributed by atoms with E-state index in [-0.39, 0.29) is 12.0 Å². The Bertz CT molecular complexity index is 317. The number of nitrogens with one attached hydrogen (secondary N) is 1. The minimum Gasteiger partial charge on any atom is -0.391 e. The lowest BCUT2D eigenvalue weighted by atomic mass is 10.1. The molecule has 0 radical (unpaired) electrons. The molecule has 1 unspecified atom stereocenters. The van der Waals surface area contributed by atoms with E-state index in [2.05, 4.69) is 5.32 Å². The topological polar surface area (TPSA) is 32.3 Å². The second-order valence-electron chi connectivity index (χ2n) is 3.38. The molecule has 0 amide bonds. The quantitative estimate of drug-likeness (QED) is 0.779. The van der Waals surface area contributed by atoms with E-state index in [4.69, 9.17) is 0 Å². The van der Waals surface area contributed by atoms with Crippen LogP contribution in [0.15, 0.2) is 18.2 Å². The standard InChI is InChI=1S/C11H15F2NO/c1-2-14-7-9(15)6-8-4-3-5-10(12)11(8)13/h3-5,9,14-15H,2,6-7H2,1H3. The van der Waals surface area contributed by atoms with Crippen molar-refractivity contribution in [3.8, 4) is 0 Å². The lowest BCUT2D eigenvalue weighted by Crippen LogP contribution is -2.28. The van der Waals surface area contributed by atoms with Gasteiger partial charge in [0.1, 0.15) is 0 Å². The van der Waals surface area contributed by atoms with E-state index in [0.717, 1.165) is 12.6 Å². The van der Waals surface area contributed by atoms with Crippen molar-refractivity contribution in [1.29, 1.82) is 0 Å². The Kier molecular flexibility index (Phi) is 4.65. The van der Waals surface area contributed by atoms with Gasteiger partial charge in [0.2, 0.25) is 0 Å². The smallest absolute Gasteiger partial charge is 0.162 e. The predicted molar refractivity (Wildman–Crippen MR) is 54.6 cm³/mol. The number of benzene rings is 1. The molecule has 1 atom stereocenters. The zero-order valence-electron chi connectivity index (χ0n) is 8.63. The van der Waals surface area contributed by atoms with Gasteiger partial charge in [-0.1, -0.05) is 19.1 Å². The summed E-state index contributed by atoms with van der Waals surface area (Å²) in [5.74, 6) is -1.74. The number of rotatable bonds is 5. The Hall–Kier alpha value is -1.00. The molecule has 15 heavy (non-hydrogen) atoms. The average Bonchev–Trinajstić information content (AvgIpc) is 2.22. The SMILES string of the molecule is CCNCC(O)Cc1cccc(F)c1F. The first-order chi connectivity index (χ1) is 7.15. The number of halogens is 2. The average molecular weight is 215 g/mol. The molecule has 0 aliphatic carbocycles. The summed E-state index contributed by atoms with van der Waals surface area (Å²) in [5.41, 5.74) is 0.209. The van der Waals surface area contributed by atoms with Crippen LogP contribution in [0.5, 0.6) is 0 Å². The van der Waals surface area contributed by atoms with Crippen LogP contribution in [-0.4, -0.2) is 24.3 Å². The van der Waals surface area contributed by atoms with Gasteiger partial charge in [-0.05, 0) is 18.2 Å². The maximum Gasteiger partial charge on any atom is 0.162 e. The minimum absolute atomic E-state index is 0.122. The van der Waals surface area contributed by atoms with Crippen molar-refractivity contribution in [1.82, 2.24) is 5.32 Å². The highest BCUT2D eigenvalue weighted by Gasteiger charge is 2.11. The molecule has 2 nitrogen and oxygen atoms in total. The van der Waals surface area contributed by atoms with Gasteiger partial charge in [-0.3, -0.25) is 0 Å². The molecule has 1 rings (SSSR count). The van der Waals surface area contributed by atoms with Crippen LogP contribution < -0.4 is 5.32 Å². The monoisotopic (exact) mass is 215 g/mol. The molecule has 0 fully saturated rings. The molecule has 2 N–H and O–H groups in total. The molecule has 0 aliphatic rings.